The third kappa shape index (κ3) is 11.0. The van der Waals surface area contributed by atoms with Gasteiger partial charge in [-0.2, -0.15) is 0 Å². The molecule has 200 valence electrons. The lowest BCUT2D eigenvalue weighted by Gasteiger charge is -2.28. The van der Waals surface area contributed by atoms with E-state index in [0.29, 0.717) is 0 Å². The summed E-state index contributed by atoms with van der Waals surface area (Å²) in [6.07, 6.45) is 28.5. The molecule has 1 aromatic heterocycles. The second kappa shape index (κ2) is 17.5. The Morgan fingerprint density at radius 3 is 1.86 bits per heavy atom. The predicted molar refractivity (Wildman–Crippen MR) is 153 cm³/mol. The van der Waals surface area contributed by atoms with Gasteiger partial charge in [-0.25, -0.2) is 9.97 Å². The largest absolute Gasteiger partial charge is 0.494 e. The second-order valence-corrected chi connectivity index (χ2v) is 11.2. The first-order chi connectivity index (χ1) is 17.8. The average Bonchev–Trinajstić information content (AvgIpc) is 2.93. The Morgan fingerprint density at radius 2 is 1.22 bits per heavy atom. The summed E-state index contributed by atoms with van der Waals surface area (Å²) >= 11 is 0. The number of rotatable bonds is 18. The minimum Gasteiger partial charge on any atom is -0.494 e. The molecule has 1 aliphatic carbocycles. The fraction of sp³-hybridized carbons (Fsp3) is 0.697. The van der Waals surface area contributed by atoms with Crippen LogP contribution in [0.25, 0.3) is 11.4 Å². The Balaban J connectivity index is 1.31. The highest BCUT2D eigenvalue weighted by atomic mass is 16.5. The summed E-state index contributed by atoms with van der Waals surface area (Å²) in [5.41, 5.74) is 2.33. The van der Waals surface area contributed by atoms with E-state index in [1.807, 2.05) is 24.5 Å². The summed E-state index contributed by atoms with van der Waals surface area (Å²) in [7, 11) is 0. The molecule has 0 bridgehead atoms. The molecule has 0 radical (unpaired) electrons. The molecule has 0 atom stereocenters. The SMILES string of the molecule is CCCCCCCCOc1ccc(-c2ncc(CCC3CCC(CCCCCCC)CC3)cn2)cc1. The van der Waals surface area contributed by atoms with E-state index < -0.39 is 0 Å². The van der Waals surface area contributed by atoms with Gasteiger partial charge in [0.2, 0.25) is 0 Å². The number of aryl methyl sites for hydroxylation is 1. The molecule has 0 N–H and O–H groups in total. The van der Waals surface area contributed by atoms with Crippen molar-refractivity contribution in [1.82, 2.24) is 9.97 Å². The standard InChI is InChI=1S/C33H52N2O/c1-3-5-7-9-11-13-25-36-32-23-21-31(22-24-32)33-34-26-30(27-35-33)20-19-29-17-15-28(16-18-29)14-12-10-8-6-4-2/h21-24,26-29H,3-20,25H2,1-2H3. The molecule has 0 unspecified atom stereocenters. The molecule has 1 aromatic carbocycles. The summed E-state index contributed by atoms with van der Waals surface area (Å²) < 4.78 is 5.91. The molecule has 0 saturated heterocycles. The molecule has 0 spiro atoms. The molecule has 1 aliphatic rings. The van der Waals surface area contributed by atoms with Gasteiger partial charge in [0.25, 0.3) is 0 Å². The topological polar surface area (TPSA) is 35.0 Å². The molecular formula is C33H52N2O. The van der Waals surface area contributed by atoms with Crippen LogP contribution in [-0.2, 0) is 6.42 Å². The maximum absolute atomic E-state index is 5.91. The molecule has 3 nitrogen and oxygen atoms in total. The van der Waals surface area contributed by atoms with Crippen molar-refractivity contribution in [3.63, 3.8) is 0 Å². The van der Waals surface area contributed by atoms with Crippen molar-refractivity contribution < 1.29 is 4.74 Å². The Morgan fingerprint density at radius 1 is 0.667 bits per heavy atom. The fourth-order valence-corrected chi connectivity index (χ4v) is 5.62. The highest BCUT2D eigenvalue weighted by Gasteiger charge is 2.20. The average molecular weight is 493 g/mol. The van der Waals surface area contributed by atoms with Crippen molar-refractivity contribution in [3.05, 3.63) is 42.2 Å². The quantitative estimate of drug-likeness (QED) is 0.194. The monoisotopic (exact) mass is 492 g/mol. The first kappa shape index (κ1) is 28.7. The van der Waals surface area contributed by atoms with Crippen LogP contribution in [0.4, 0.5) is 0 Å². The van der Waals surface area contributed by atoms with Gasteiger partial charge in [0, 0.05) is 18.0 Å². The van der Waals surface area contributed by atoms with Gasteiger partial charge in [-0.05, 0) is 60.9 Å². The first-order valence-electron chi connectivity index (χ1n) is 15.3. The normalized spacial score (nSPS) is 17.8. The van der Waals surface area contributed by atoms with Crippen molar-refractivity contribution in [2.45, 2.75) is 129 Å². The van der Waals surface area contributed by atoms with E-state index in [1.54, 1.807) is 0 Å². The van der Waals surface area contributed by atoms with Gasteiger partial charge in [0.05, 0.1) is 6.61 Å². The van der Waals surface area contributed by atoms with Crippen LogP contribution in [0.3, 0.4) is 0 Å². The molecule has 1 heterocycles. The fourth-order valence-electron chi connectivity index (χ4n) is 5.62. The number of hydrogen-bond donors (Lipinski definition) is 0. The van der Waals surface area contributed by atoms with Crippen molar-refractivity contribution >= 4 is 0 Å². The summed E-state index contributed by atoms with van der Waals surface area (Å²) in [5, 5.41) is 0. The maximum Gasteiger partial charge on any atom is 0.159 e. The molecule has 0 amide bonds. The van der Waals surface area contributed by atoms with Gasteiger partial charge in [0.15, 0.2) is 5.82 Å². The van der Waals surface area contributed by atoms with Crippen LogP contribution in [-0.4, -0.2) is 16.6 Å². The van der Waals surface area contributed by atoms with Crippen molar-refractivity contribution in [2.75, 3.05) is 6.61 Å². The van der Waals surface area contributed by atoms with E-state index in [4.69, 9.17) is 4.74 Å². The van der Waals surface area contributed by atoms with Crippen LogP contribution in [0.2, 0.25) is 0 Å². The van der Waals surface area contributed by atoms with E-state index in [1.165, 1.54) is 108 Å². The van der Waals surface area contributed by atoms with E-state index in [2.05, 4.69) is 35.9 Å². The van der Waals surface area contributed by atoms with Crippen molar-refractivity contribution in [1.29, 1.82) is 0 Å². The van der Waals surface area contributed by atoms with Gasteiger partial charge in [-0.3, -0.25) is 0 Å². The molecule has 36 heavy (non-hydrogen) atoms. The van der Waals surface area contributed by atoms with Gasteiger partial charge in [0.1, 0.15) is 5.75 Å². The summed E-state index contributed by atoms with van der Waals surface area (Å²) in [5.74, 6) is 3.64. The summed E-state index contributed by atoms with van der Waals surface area (Å²) in [6, 6.07) is 8.25. The molecule has 0 aliphatic heterocycles. The van der Waals surface area contributed by atoms with Crippen LogP contribution >= 0.6 is 0 Å². The molecular weight excluding hydrogens is 440 g/mol. The summed E-state index contributed by atoms with van der Waals surface area (Å²) in [4.78, 5) is 9.34. The van der Waals surface area contributed by atoms with Gasteiger partial charge in [-0.15, -0.1) is 0 Å². The lowest BCUT2D eigenvalue weighted by Crippen LogP contribution is -2.15. The van der Waals surface area contributed by atoms with Gasteiger partial charge < -0.3 is 4.74 Å². The Hall–Kier alpha value is -1.90. The van der Waals surface area contributed by atoms with Crippen molar-refractivity contribution in [3.8, 4) is 17.1 Å². The molecule has 3 rings (SSSR count). The minimum atomic E-state index is 0.803. The van der Waals surface area contributed by atoms with Gasteiger partial charge >= 0.3 is 0 Å². The number of unbranched alkanes of at least 4 members (excludes halogenated alkanes) is 9. The Bertz CT molecular complexity index is 793. The predicted octanol–water partition coefficient (Wildman–Crippen LogP) is 9.98. The molecule has 2 aromatic rings. The van der Waals surface area contributed by atoms with Crippen LogP contribution in [0, 0.1) is 11.8 Å². The lowest BCUT2D eigenvalue weighted by molar-refractivity contribution is 0.248. The Kier molecular flexibility index (Phi) is 14.0. The lowest BCUT2D eigenvalue weighted by atomic mass is 9.78. The van der Waals surface area contributed by atoms with Crippen LogP contribution in [0.1, 0.15) is 129 Å². The van der Waals surface area contributed by atoms with Crippen LogP contribution in [0.5, 0.6) is 5.75 Å². The van der Waals surface area contributed by atoms with E-state index in [-0.39, 0.29) is 0 Å². The highest BCUT2D eigenvalue weighted by Crippen LogP contribution is 2.34. The van der Waals surface area contributed by atoms with E-state index >= 15 is 0 Å². The maximum atomic E-state index is 5.91. The number of nitrogens with zero attached hydrogens (tertiary/aromatic N) is 2. The zero-order chi connectivity index (χ0) is 25.3. The molecule has 3 heteroatoms. The third-order valence-corrected chi connectivity index (χ3v) is 8.11. The number of benzene rings is 1. The second-order valence-electron chi connectivity index (χ2n) is 11.2. The zero-order valence-corrected chi connectivity index (χ0v) is 23.4. The number of aromatic nitrogens is 2. The number of hydrogen-bond acceptors (Lipinski definition) is 3. The molecule has 1 saturated carbocycles. The van der Waals surface area contributed by atoms with Crippen LogP contribution in [0.15, 0.2) is 36.7 Å². The first-order valence-corrected chi connectivity index (χ1v) is 15.3. The van der Waals surface area contributed by atoms with Gasteiger partial charge in [-0.1, -0.05) is 110 Å². The smallest absolute Gasteiger partial charge is 0.159 e. The van der Waals surface area contributed by atoms with E-state index in [0.717, 1.165) is 48.4 Å². The highest BCUT2D eigenvalue weighted by molar-refractivity contribution is 5.55. The zero-order valence-electron chi connectivity index (χ0n) is 23.4. The summed E-state index contributed by atoms with van der Waals surface area (Å²) in [6.45, 7) is 5.36. The third-order valence-electron chi connectivity index (χ3n) is 8.11. The number of ether oxygens (including phenoxy) is 1. The van der Waals surface area contributed by atoms with Crippen LogP contribution < -0.4 is 4.74 Å². The van der Waals surface area contributed by atoms with Crippen molar-refractivity contribution in [2.24, 2.45) is 11.8 Å². The minimum absolute atomic E-state index is 0.803. The Labute approximate surface area is 221 Å². The molecule has 1 fully saturated rings. The van der Waals surface area contributed by atoms with E-state index in [9.17, 15) is 0 Å².